The average molecular weight is 259 g/mol. The number of hydrogen-bond donors (Lipinski definition) is 1. The molecule has 4 nitrogen and oxygen atoms in total. The lowest BCUT2D eigenvalue weighted by atomic mass is 9.96. The minimum absolute atomic E-state index is 0.165. The summed E-state index contributed by atoms with van der Waals surface area (Å²) in [6, 6.07) is 10.2. The van der Waals surface area contributed by atoms with E-state index >= 15 is 0 Å². The molecule has 1 aromatic carbocycles. The smallest absolute Gasteiger partial charge is 0.121 e. The highest BCUT2D eigenvalue weighted by atomic mass is 16.5. The molecule has 4 heteroatoms. The van der Waals surface area contributed by atoms with Crippen molar-refractivity contribution in [3.05, 3.63) is 35.9 Å². The van der Waals surface area contributed by atoms with Crippen molar-refractivity contribution in [3.63, 3.8) is 0 Å². The first-order chi connectivity index (χ1) is 8.91. The summed E-state index contributed by atoms with van der Waals surface area (Å²) in [5.74, 6) is 0.664. The third kappa shape index (κ3) is 3.15. The van der Waals surface area contributed by atoms with E-state index in [1.165, 1.54) is 5.56 Å². The van der Waals surface area contributed by atoms with Crippen LogP contribution in [-0.4, -0.2) is 22.5 Å². The maximum atomic E-state index is 5.82. The quantitative estimate of drug-likeness (QED) is 0.918. The van der Waals surface area contributed by atoms with Crippen molar-refractivity contribution in [2.75, 3.05) is 12.8 Å². The first-order valence-electron chi connectivity index (χ1n) is 6.35. The van der Waals surface area contributed by atoms with Gasteiger partial charge in [0.2, 0.25) is 0 Å². The van der Waals surface area contributed by atoms with E-state index in [9.17, 15) is 0 Å². The normalized spacial score (nSPS) is 11.8. The molecule has 1 aromatic heterocycles. The van der Waals surface area contributed by atoms with Crippen LogP contribution in [0.2, 0.25) is 0 Å². The average Bonchev–Trinajstić information content (AvgIpc) is 2.70. The summed E-state index contributed by atoms with van der Waals surface area (Å²) in [4.78, 5) is 0. The van der Waals surface area contributed by atoms with Gasteiger partial charge in [-0.25, -0.2) is 0 Å². The van der Waals surface area contributed by atoms with Crippen LogP contribution in [-0.2, 0) is 18.2 Å². The van der Waals surface area contributed by atoms with E-state index in [4.69, 9.17) is 10.5 Å². The maximum Gasteiger partial charge on any atom is 0.121 e. The molecule has 0 aliphatic carbocycles. The lowest BCUT2D eigenvalue weighted by molar-refractivity contribution is 0.0232. The highest BCUT2D eigenvalue weighted by molar-refractivity contribution is 5.63. The van der Waals surface area contributed by atoms with Crippen LogP contribution in [0, 0.1) is 0 Å². The number of hydrogen-bond acceptors (Lipinski definition) is 3. The lowest BCUT2D eigenvalue weighted by Crippen LogP contribution is -2.25. The zero-order valence-corrected chi connectivity index (χ0v) is 12.0. The van der Waals surface area contributed by atoms with Gasteiger partial charge in [0.1, 0.15) is 5.82 Å². The van der Waals surface area contributed by atoms with Crippen molar-refractivity contribution in [1.82, 2.24) is 9.78 Å². The summed E-state index contributed by atoms with van der Waals surface area (Å²) in [5, 5.41) is 4.40. The van der Waals surface area contributed by atoms with Crippen LogP contribution in [0.5, 0.6) is 0 Å². The number of ether oxygens (including phenoxy) is 1. The first-order valence-corrected chi connectivity index (χ1v) is 6.35. The van der Waals surface area contributed by atoms with Crippen molar-refractivity contribution in [2.24, 2.45) is 7.05 Å². The maximum absolute atomic E-state index is 5.82. The molecule has 2 aromatic rings. The predicted octanol–water partition coefficient (Wildman–Crippen LogP) is 2.64. The molecule has 0 saturated heterocycles. The molecule has 0 atom stereocenters. The number of aromatic nitrogens is 2. The fourth-order valence-corrected chi connectivity index (χ4v) is 2.03. The Labute approximate surface area is 114 Å². The summed E-state index contributed by atoms with van der Waals surface area (Å²) >= 11 is 0. The summed E-state index contributed by atoms with van der Waals surface area (Å²) in [5.41, 5.74) is 8.87. The van der Waals surface area contributed by atoms with E-state index in [1.807, 2.05) is 25.2 Å². The number of nitrogen functional groups attached to an aromatic ring is 1. The van der Waals surface area contributed by atoms with Gasteiger partial charge in [-0.1, -0.05) is 18.2 Å². The van der Waals surface area contributed by atoms with Gasteiger partial charge in [-0.3, -0.25) is 4.68 Å². The molecule has 0 fully saturated rings. The molecule has 19 heavy (non-hydrogen) atoms. The van der Waals surface area contributed by atoms with Gasteiger partial charge < -0.3 is 10.5 Å². The summed E-state index contributed by atoms with van der Waals surface area (Å²) in [7, 11) is 3.58. The molecular formula is C15H21N3O. The van der Waals surface area contributed by atoms with Crippen molar-refractivity contribution in [3.8, 4) is 11.3 Å². The van der Waals surface area contributed by atoms with Gasteiger partial charge in [0.15, 0.2) is 0 Å². The van der Waals surface area contributed by atoms with Crippen molar-refractivity contribution < 1.29 is 4.74 Å². The number of benzene rings is 1. The van der Waals surface area contributed by atoms with Crippen LogP contribution < -0.4 is 5.73 Å². The largest absolute Gasteiger partial charge is 0.384 e. The Kier molecular flexibility index (Phi) is 3.62. The molecule has 2 rings (SSSR count). The van der Waals surface area contributed by atoms with Gasteiger partial charge in [-0.05, 0) is 25.5 Å². The highest BCUT2D eigenvalue weighted by Gasteiger charge is 2.17. The van der Waals surface area contributed by atoms with Gasteiger partial charge in [-0.2, -0.15) is 5.10 Å². The summed E-state index contributed by atoms with van der Waals surface area (Å²) in [6.07, 6.45) is 0.861. The van der Waals surface area contributed by atoms with Crippen LogP contribution in [0.3, 0.4) is 0 Å². The minimum atomic E-state index is -0.165. The third-order valence-electron chi connectivity index (χ3n) is 3.32. The van der Waals surface area contributed by atoms with Gasteiger partial charge in [0.05, 0.1) is 11.3 Å². The Morgan fingerprint density at radius 3 is 2.63 bits per heavy atom. The first kappa shape index (κ1) is 13.6. The fourth-order valence-electron chi connectivity index (χ4n) is 2.03. The van der Waals surface area contributed by atoms with Gasteiger partial charge >= 0.3 is 0 Å². The molecule has 2 N–H and O–H groups in total. The van der Waals surface area contributed by atoms with E-state index in [1.54, 1.807) is 11.8 Å². The van der Waals surface area contributed by atoms with Crippen LogP contribution in [0.15, 0.2) is 30.3 Å². The molecule has 0 unspecified atom stereocenters. The molecule has 0 amide bonds. The number of rotatable bonds is 4. The van der Waals surface area contributed by atoms with E-state index in [-0.39, 0.29) is 5.60 Å². The topological polar surface area (TPSA) is 53.1 Å². The third-order valence-corrected chi connectivity index (χ3v) is 3.32. The second kappa shape index (κ2) is 5.05. The number of nitrogens with two attached hydrogens (primary N) is 1. The molecule has 0 aliphatic heterocycles. The van der Waals surface area contributed by atoms with Crippen molar-refractivity contribution >= 4 is 5.82 Å². The molecule has 102 valence electrons. The lowest BCUT2D eigenvalue weighted by Gasteiger charge is -2.23. The Morgan fingerprint density at radius 1 is 1.32 bits per heavy atom. The standard InChI is InChI=1S/C15H21N3O/c1-15(2,19-4)10-11-6-5-7-12(8-11)13-9-14(16)18(3)17-13/h5-9H,10,16H2,1-4H3. The molecular weight excluding hydrogens is 238 g/mol. The van der Waals surface area contributed by atoms with Gasteiger partial charge in [-0.15, -0.1) is 0 Å². The Balaban J connectivity index is 2.29. The van der Waals surface area contributed by atoms with Crippen LogP contribution in [0.1, 0.15) is 19.4 Å². The SMILES string of the molecule is COC(C)(C)Cc1cccc(-c2cc(N)n(C)n2)c1. The summed E-state index contributed by atoms with van der Waals surface area (Å²) in [6.45, 7) is 4.16. The fraction of sp³-hybridized carbons (Fsp3) is 0.400. The molecule has 0 aliphatic rings. The van der Waals surface area contributed by atoms with Crippen LogP contribution in [0.4, 0.5) is 5.82 Å². The van der Waals surface area contributed by atoms with E-state index in [2.05, 4.69) is 31.1 Å². The van der Waals surface area contributed by atoms with Crippen LogP contribution >= 0.6 is 0 Å². The van der Waals surface area contributed by atoms with Crippen molar-refractivity contribution in [2.45, 2.75) is 25.9 Å². The number of methoxy groups -OCH3 is 1. The number of aryl methyl sites for hydroxylation is 1. The minimum Gasteiger partial charge on any atom is -0.384 e. The predicted molar refractivity (Wildman–Crippen MR) is 77.8 cm³/mol. The highest BCUT2D eigenvalue weighted by Crippen LogP contribution is 2.23. The Bertz CT molecular complexity index is 553. The van der Waals surface area contributed by atoms with E-state index in [0.717, 1.165) is 17.7 Å². The van der Waals surface area contributed by atoms with E-state index < -0.39 is 0 Å². The number of anilines is 1. The van der Waals surface area contributed by atoms with E-state index in [0.29, 0.717) is 5.82 Å². The van der Waals surface area contributed by atoms with Gasteiger partial charge in [0, 0.05) is 32.2 Å². The number of nitrogens with zero attached hydrogens (tertiary/aromatic N) is 2. The Hall–Kier alpha value is -1.81. The summed E-state index contributed by atoms with van der Waals surface area (Å²) < 4.78 is 7.15. The second-order valence-corrected chi connectivity index (χ2v) is 5.42. The molecule has 1 heterocycles. The molecule has 0 saturated carbocycles. The zero-order valence-electron chi connectivity index (χ0n) is 12.0. The molecule has 0 spiro atoms. The Morgan fingerprint density at radius 2 is 2.05 bits per heavy atom. The molecule has 0 radical (unpaired) electrons. The molecule has 0 bridgehead atoms. The zero-order chi connectivity index (χ0) is 14.0. The van der Waals surface area contributed by atoms with Crippen LogP contribution in [0.25, 0.3) is 11.3 Å². The van der Waals surface area contributed by atoms with Crippen molar-refractivity contribution in [1.29, 1.82) is 0 Å². The van der Waals surface area contributed by atoms with Gasteiger partial charge in [0.25, 0.3) is 0 Å². The monoisotopic (exact) mass is 259 g/mol. The second-order valence-electron chi connectivity index (χ2n) is 5.42.